The van der Waals surface area contributed by atoms with Crippen LogP contribution in [0.4, 0.5) is 0 Å². The maximum Gasteiger partial charge on any atom is 0.226 e. The first-order valence-corrected chi connectivity index (χ1v) is 11.0. The fourth-order valence-electron chi connectivity index (χ4n) is 3.52. The second-order valence-corrected chi connectivity index (χ2v) is 8.18. The molecule has 2 aromatic carbocycles. The third-order valence-electron chi connectivity index (χ3n) is 5.04. The van der Waals surface area contributed by atoms with Gasteiger partial charge in [0.1, 0.15) is 16.9 Å². The summed E-state index contributed by atoms with van der Waals surface area (Å²) in [5.41, 5.74) is 1.14. The summed E-state index contributed by atoms with van der Waals surface area (Å²) in [6.45, 7) is 5.15. The van der Waals surface area contributed by atoms with Gasteiger partial charge in [0.15, 0.2) is 0 Å². The summed E-state index contributed by atoms with van der Waals surface area (Å²) in [6.07, 6.45) is 4.18. The molecule has 0 bridgehead atoms. The van der Waals surface area contributed by atoms with Gasteiger partial charge in [-0.25, -0.2) is 0 Å². The predicted octanol–water partition coefficient (Wildman–Crippen LogP) is 6.27. The molecule has 3 nitrogen and oxygen atoms in total. The molecule has 1 fully saturated rings. The van der Waals surface area contributed by atoms with E-state index in [2.05, 4.69) is 30.9 Å². The van der Waals surface area contributed by atoms with Crippen LogP contribution in [0.2, 0.25) is 0 Å². The van der Waals surface area contributed by atoms with E-state index in [1.54, 1.807) is 0 Å². The Morgan fingerprint density at radius 3 is 2.67 bits per heavy atom. The molecule has 1 aliphatic heterocycles. The number of hydrogen-bond donors (Lipinski definition) is 0. The SMILES string of the molecule is CCCC[C@@H](CC)C(=O)N1CCS[C@H]1c1cccc(Oc2ccccc2)c1. The largest absolute Gasteiger partial charge is 0.457 e. The lowest BCUT2D eigenvalue weighted by Gasteiger charge is -2.28. The van der Waals surface area contributed by atoms with Crippen molar-refractivity contribution in [3.8, 4) is 11.5 Å². The molecule has 1 heterocycles. The minimum absolute atomic E-state index is 0.0903. The molecule has 0 aromatic heterocycles. The van der Waals surface area contributed by atoms with Crippen molar-refractivity contribution in [2.75, 3.05) is 12.3 Å². The Balaban J connectivity index is 1.74. The van der Waals surface area contributed by atoms with Gasteiger partial charge in [0.05, 0.1) is 0 Å². The van der Waals surface area contributed by atoms with Crippen LogP contribution in [-0.2, 0) is 4.79 Å². The van der Waals surface area contributed by atoms with Gasteiger partial charge in [0.2, 0.25) is 5.91 Å². The first-order chi connectivity index (χ1) is 13.2. The van der Waals surface area contributed by atoms with E-state index in [4.69, 9.17) is 4.74 Å². The fourth-order valence-corrected chi connectivity index (χ4v) is 4.77. The van der Waals surface area contributed by atoms with Crippen molar-refractivity contribution < 1.29 is 9.53 Å². The number of ether oxygens (including phenoxy) is 1. The number of carbonyl (C=O) groups is 1. The molecule has 1 saturated heterocycles. The molecule has 0 radical (unpaired) electrons. The monoisotopic (exact) mass is 383 g/mol. The van der Waals surface area contributed by atoms with Crippen LogP contribution in [0.25, 0.3) is 0 Å². The number of unbranched alkanes of at least 4 members (excludes halogenated alkanes) is 1. The fraction of sp³-hybridized carbons (Fsp3) is 0.435. The van der Waals surface area contributed by atoms with Crippen LogP contribution in [0.1, 0.15) is 50.5 Å². The quantitative estimate of drug-likeness (QED) is 0.538. The van der Waals surface area contributed by atoms with Crippen molar-refractivity contribution in [3.05, 3.63) is 60.2 Å². The Morgan fingerprint density at radius 1 is 1.15 bits per heavy atom. The van der Waals surface area contributed by atoms with Crippen LogP contribution in [0, 0.1) is 5.92 Å². The van der Waals surface area contributed by atoms with E-state index in [-0.39, 0.29) is 11.3 Å². The Hall–Kier alpha value is -1.94. The topological polar surface area (TPSA) is 29.5 Å². The van der Waals surface area contributed by atoms with E-state index < -0.39 is 0 Å². The minimum atomic E-state index is 0.0903. The van der Waals surface area contributed by atoms with Crippen LogP contribution < -0.4 is 4.74 Å². The molecule has 0 spiro atoms. The Morgan fingerprint density at radius 2 is 1.93 bits per heavy atom. The first-order valence-electron chi connectivity index (χ1n) is 9.97. The summed E-state index contributed by atoms with van der Waals surface area (Å²) in [5.74, 6) is 3.10. The summed E-state index contributed by atoms with van der Waals surface area (Å²) in [5, 5.41) is 0.0903. The molecule has 2 aromatic rings. The van der Waals surface area contributed by atoms with Crippen molar-refractivity contribution in [2.24, 2.45) is 5.92 Å². The minimum Gasteiger partial charge on any atom is -0.457 e. The molecular weight excluding hydrogens is 354 g/mol. The van der Waals surface area contributed by atoms with Crippen LogP contribution in [-0.4, -0.2) is 23.1 Å². The zero-order valence-electron chi connectivity index (χ0n) is 16.3. The molecule has 3 rings (SSSR count). The van der Waals surface area contributed by atoms with Crippen LogP contribution >= 0.6 is 11.8 Å². The maximum absolute atomic E-state index is 13.1. The van der Waals surface area contributed by atoms with Gasteiger partial charge in [-0.1, -0.05) is 57.0 Å². The maximum atomic E-state index is 13.1. The first kappa shape index (κ1) is 19.8. The lowest BCUT2D eigenvalue weighted by atomic mass is 9.97. The Kier molecular flexibility index (Phi) is 7.22. The van der Waals surface area contributed by atoms with Crippen molar-refractivity contribution >= 4 is 17.7 Å². The molecule has 144 valence electrons. The average molecular weight is 384 g/mol. The van der Waals surface area contributed by atoms with E-state index >= 15 is 0 Å². The third kappa shape index (κ3) is 5.07. The normalized spacial score (nSPS) is 17.7. The lowest BCUT2D eigenvalue weighted by molar-refractivity contribution is -0.136. The van der Waals surface area contributed by atoms with Gasteiger partial charge in [-0.15, -0.1) is 11.8 Å². The molecule has 4 heteroatoms. The van der Waals surface area contributed by atoms with E-state index in [9.17, 15) is 4.79 Å². The summed E-state index contributed by atoms with van der Waals surface area (Å²) in [6, 6.07) is 18.0. The van der Waals surface area contributed by atoms with E-state index in [0.717, 1.165) is 55.0 Å². The molecule has 0 unspecified atom stereocenters. The highest BCUT2D eigenvalue weighted by Crippen LogP contribution is 2.40. The van der Waals surface area contributed by atoms with E-state index in [1.807, 2.05) is 54.2 Å². The van der Waals surface area contributed by atoms with Crippen molar-refractivity contribution in [2.45, 2.75) is 44.9 Å². The predicted molar refractivity (Wildman–Crippen MR) is 113 cm³/mol. The number of amides is 1. The molecular formula is C23H29NO2S. The molecule has 27 heavy (non-hydrogen) atoms. The third-order valence-corrected chi connectivity index (χ3v) is 6.31. The van der Waals surface area contributed by atoms with E-state index in [0.29, 0.717) is 5.91 Å². The molecule has 1 aliphatic rings. The Labute approximate surface area is 167 Å². The lowest BCUT2D eigenvalue weighted by Crippen LogP contribution is -2.35. The van der Waals surface area contributed by atoms with Crippen LogP contribution in [0.5, 0.6) is 11.5 Å². The van der Waals surface area contributed by atoms with Crippen molar-refractivity contribution in [1.82, 2.24) is 4.90 Å². The smallest absolute Gasteiger partial charge is 0.226 e. The van der Waals surface area contributed by atoms with Gasteiger partial charge in [0, 0.05) is 18.2 Å². The van der Waals surface area contributed by atoms with Gasteiger partial charge in [-0.3, -0.25) is 4.79 Å². The summed E-state index contributed by atoms with van der Waals surface area (Å²) >= 11 is 1.85. The number of carbonyl (C=O) groups excluding carboxylic acids is 1. The number of nitrogens with zero attached hydrogens (tertiary/aromatic N) is 1. The van der Waals surface area contributed by atoms with E-state index in [1.165, 1.54) is 0 Å². The second-order valence-electron chi connectivity index (χ2n) is 6.99. The zero-order chi connectivity index (χ0) is 19.1. The molecule has 0 aliphatic carbocycles. The van der Waals surface area contributed by atoms with Crippen LogP contribution in [0.15, 0.2) is 54.6 Å². The number of thioether (sulfide) groups is 1. The molecule has 0 N–H and O–H groups in total. The zero-order valence-corrected chi connectivity index (χ0v) is 17.1. The summed E-state index contributed by atoms with van der Waals surface area (Å²) in [4.78, 5) is 15.2. The number of para-hydroxylation sites is 1. The summed E-state index contributed by atoms with van der Waals surface area (Å²) in [7, 11) is 0. The Bertz CT molecular complexity index is 734. The highest BCUT2D eigenvalue weighted by molar-refractivity contribution is 7.99. The molecule has 2 atom stereocenters. The van der Waals surface area contributed by atoms with Gasteiger partial charge in [-0.2, -0.15) is 0 Å². The average Bonchev–Trinajstić information content (AvgIpc) is 3.19. The highest BCUT2D eigenvalue weighted by atomic mass is 32.2. The molecule has 0 saturated carbocycles. The molecule has 1 amide bonds. The number of hydrogen-bond acceptors (Lipinski definition) is 3. The standard InChI is InChI=1S/C23H29NO2S/c1-3-5-10-18(4-2)22(25)24-15-16-27-23(24)19-11-9-14-21(17-19)26-20-12-7-6-8-13-20/h6-9,11-14,17-18,23H,3-5,10,15-16H2,1-2H3/t18-,23+/m1/s1. The van der Waals surface area contributed by atoms with Gasteiger partial charge in [-0.05, 0) is 42.7 Å². The van der Waals surface area contributed by atoms with Gasteiger partial charge >= 0.3 is 0 Å². The van der Waals surface area contributed by atoms with Gasteiger partial charge < -0.3 is 9.64 Å². The second kappa shape index (κ2) is 9.84. The van der Waals surface area contributed by atoms with Gasteiger partial charge in [0.25, 0.3) is 0 Å². The highest BCUT2D eigenvalue weighted by Gasteiger charge is 2.33. The van der Waals surface area contributed by atoms with Crippen LogP contribution in [0.3, 0.4) is 0 Å². The van der Waals surface area contributed by atoms with Crippen molar-refractivity contribution in [1.29, 1.82) is 0 Å². The van der Waals surface area contributed by atoms with Crippen molar-refractivity contribution in [3.63, 3.8) is 0 Å². The number of benzene rings is 2. The number of rotatable bonds is 8. The summed E-state index contributed by atoms with van der Waals surface area (Å²) < 4.78 is 5.98.